The van der Waals surface area contributed by atoms with E-state index in [1.165, 1.54) is 18.3 Å². The lowest BCUT2D eigenvalue weighted by Gasteiger charge is -2.20. The highest BCUT2D eigenvalue weighted by Crippen LogP contribution is 2.34. The molecule has 27 heavy (non-hydrogen) atoms. The van der Waals surface area contributed by atoms with Crippen molar-refractivity contribution in [1.82, 2.24) is 10.3 Å². The molecule has 0 bridgehead atoms. The number of carbonyl (C=O) groups is 2. The molecular formula is C19H23N3O4S. The Balaban J connectivity index is 1.70. The second kappa shape index (κ2) is 7.96. The lowest BCUT2D eigenvalue weighted by atomic mass is 10.0. The standard InChI is InChI=1S/C19H23N3O4S/c1-10(2)17(21-12(4)23)18(24)22-19-20-11(3)16(27-19)8-13-5-6-14-15(7-13)26-9-25-14/h5-7,10,17H,8-9H2,1-4H3,(H,21,23)(H,20,22,24)/t17-/m0/s1. The van der Waals surface area contributed by atoms with E-state index in [9.17, 15) is 9.59 Å². The van der Waals surface area contributed by atoms with Crippen LogP contribution in [-0.2, 0) is 16.0 Å². The second-order valence-electron chi connectivity index (χ2n) is 6.80. The van der Waals surface area contributed by atoms with Gasteiger partial charge in [0.05, 0.1) is 5.69 Å². The van der Waals surface area contributed by atoms with Crippen molar-refractivity contribution >= 4 is 28.3 Å². The van der Waals surface area contributed by atoms with Crippen molar-refractivity contribution in [2.24, 2.45) is 5.92 Å². The molecule has 0 fully saturated rings. The topological polar surface area (TPSA) is 89.6 Å². The number of ether oxygens (including phenoxy) is 2. The van der Waals surface area contributed by atoms with Crippen molar-refractivity contribution < 1.29 is 19.1 Å². The first-order chi connectivity index (χ1) is 12.8. The van der Waals surface area contributed by atoms with Gasteiger partial charge in [-0.1, -0.05) is 19.9 Å². The average Bonchev–Trinajstić information content (AvgIpc) is 3.18. The summed E-state index contributed by atoms with van der Waals surface area (Å²) in [6.45, 7) is 7.35. The number of hydrogen-bond donors (Lipinski definition) is 2. The van der Waals surface area contributed by atoms with Crippen molar-refractivity contribution in [3.63, 3.8) is 0 Å². The Morgan fingerprint density at radius 3 is 2.70 bits per heavy atom. The lowest BCUT2D eigenvalue weighted by molar-refractivity contribution is -0.126. The van der Waals surface area contributed by atoms with Gasteiger partial charge in [-0.2, -0.15) is 0 Å². The van der Waals surface area contributed by atoms with Crippen LogP contribution in [0, 0.1) is 12.8 Å². The Morgan fingerprint density at radius 1 is 1.26 bits per heavy atom. The first kappa shape index (κ1) is 19.2. The molecule has 1 aromatic carbocycles. The Hall–Kier alpha value is -2.61. The molecule has 1 aliphatic rings. The number of fused-ring (bicyclic) bond motifs is 1. The van der Waals surface area contributed by atoms with Crippen molar-refractivity contribution in [2.45, 2.75) is 40.2 Å². The van der Waals surface area contributed by atoms with Gasteiger partial charge in [0.25, 0.3) is 0 Å². The highest BCUT2D eigenvalue weighted by atomic mass is 32.1. The third-order valence-electron chi connectivity index (χ3n) is 4.23. The predicted molar refractivity (Wildman–Crippen MR) is 103 cm³/mol. The largest absolute Gasteiger partial charge is 0.454 e. The second-order valence-corrected chi connectivity index (χ2v) is 7.89. The molecular weight excluding hydrogens is 366 g/mol. The van der Waals surface area contributed by atoms with Gasteiger partial charge in [-0.3, -0.25) is 9.59 Å². The summed E-state index contributed by atoms with van der Waals surface area (Å²) in [4.78, 5) is 29.4. The molecule has 2 N–H and O–H groups in total. The summed E-state index contributed by atoms with van der Waals surface area (Å²) in [7, 11) is 0. The van der Waals surface area contributed by atoms with Crippen LogP contribution in [0.25, 0.3) is 0 Å². The van der Waals surface area contributed by atoms with Crippen molar-refractivity contribution in [3.8, 4) is 11.5 Å². The molecule has 1 atom stereocenters. The van der Waals surface area contributed by atoms with Crippen LogP contribution in [0.15, 0.2) is 18.2 Å². The number of benzene rings is 1. The number of rotatable bonds is 6. The third-order valence-corrected chi connectivity index (χ3v) is 5.31. The molecule has 2 amide bonds. The number of aryl methyl sites for hydroxylation is 1. The normalized spacial score (nSPS) is 13.5. The monoisotopic (exact) mass is 389 g/mol. The van der Waals surface area contributed by atoms with Gasteiger partial charge in [-0.25, -0.2) is 4.98 Å². The van der Waals surface area contributed by atoms with Gasteiger partial charge in [0, 0.05) is 18.2 Å². The number of nitrogens with one attached hydrogen (secondary N) is 2. The molecule has 2 aromatic rings. The van der Waals surface area contributed by atoms with Crippen LogP contribution in [-0.4, -0.2) is 29.6 Å². The van der Waals surface area contributed by atoms with Crippen LogP contribution >= 0.6 is 11.3 Å². The summed E-state index contributed by atoms with van der Waals surface area (Å²) in [5, 5.41) is 6.04. The molecule has 0 aliphatic carbocycles. The molecule has 0 unspecified atom stereocenters. The van der Waals surface area contributed by atoms with E-state index in [1.807, 2.05) is 39.0 Å². The van der Waals surface area contributed by atoms with Crippen LogP contribution in [0.4, 0.5) is 5.13 Å². The Kier molecular flexibility index (Phi) is 5.65. The number of anilines is 1. The number of amides is 2. The van der Waals surface area contributed by atoms with Crippen LogP contribution < -0.4 is 20.1 Å². The number of carbonyl (C=O) groups excluding carboxylic acids is 2. The van der Waals surface area contributed by atoms with E-state index < -0.39 is 6.04 Å². The minimum Gasteiger partial charge on any atom is -0.454 e. The van der Waals surface area contributed by atoms with E-state index in [0.29, 0.717) is 11.6 Å². The zero-order valence-electron chi connectivity index (χ0n) is 15.8. The SMILES string of the molecule is CC(=O)N[C@H](C(=O)Nc1nc(C)c(Cc2ccc3c(c2)OCO3)s1)C(C)C. The van der Waals surface area contributed by atoms with E-state index in [1.54, 1.807) is 0 Å². The fraction of sp³-hybridized carbons (Fsp3) is 0.421. The maximum atomic E-state index is 12.5. The number of nitrogens with zero attached hydrogens (tertiary/aromatic N) is 1. The van der Waals surface area contributed by atoms with Crippen molar-refractivity contribution in [3.05, 3.63) is 34.3 Å². The Bertz CT molecular complexity index is 863. The molecule has 2 heterocycles. The quantitative estimate of drug-likeness (QED) is 0.793. The predicted octanol–water partition coefficient (Wildman–Crippen LogP) is 2.87. The van der Waals surface area contributed by atoms with Crippen LogP contribution in [0.3, 0.4) is 0 Å². The molecule has 0 spiro atoms. The van der Waals surface area contributed by atoms with Crippen LogP contribution in [0.1, 0.15) is 36.9 Å². The maximum absolute atomic E-state index is 12.5. The number of thiazole rings is 1. The molecule has 0 radical (unpaired) electrons. The van der Waals surface area contributed by atoms with Gasteiger partial charge in [0.2, 0.25) is 18.6 Å². The minimum absolute atomic E-state index is 0.0249. The fourth-order valence-electron chi connectivity index (χ4n) is 2.82. The number of aromatic nitrogens is 1. The van der Waals surface area contributed by atoms with E-state index in [0.717, 1.165) is 27.6 Å². The van der Waals surface area contributed by atoms with Gasteiger partial charge in [-0.05, 0) is 30.5 Å². The number of hydrogen-bond acceptors (Lipinski definition) is 6. The van der Waals surface area contributed by atoms with Gasteiger partial charge in [0.1, 0.15) is 6.04 Å². The van der Waals surface area contributed by atoms with Crippen molar-refractivity contribution in [2.75, 3.05) is 12.1 Å². The molecule has 144 valence electrons. The smallest absolute Gasteiger partial charge is 0.248 e. The molecule has 0 saturated carbocycles. The summed E-state index contributed by atoms with van der Waals surface area (Å²) in [6.07, 6.45) is 0.690. The van der Waals surface area contributed by atoms with E-state index in [-0.39, 0.29) is 24.5 Å². The summed E-state index contributed by atoms with van der Waals surface area (Å²) in [5.41, 5.74) is 1.95. The average molecular weight is 389 g/mol. The summed E-state index contributed by atoms with van der Waals surface area (Å²) >= 11 is 1.44. The molecule has 0 saturated heterocycles. The maximum Gasteiger partial charge on any atom is 0.248 e. The van der Waals surface area contributed by atoms with Gasteiger partial charge in [0.15, 0.2) is 16.6 Å². The molecule has 7 nitrogen and oxygen atoms in total. The Morgan fingerprint density at radius 2 is 2.00 bits per heavy atom. The van der Waals surface area contributed by atoms with Crippen molar-refractivity contribution in [1.29, 1.82) is 0 Å². The zero-order chi connectivity index (χ0) is 19.6. The zero-order valence-corrected chi connectivity index (χ0v) is 16.6. The highest BCUT2D eigenvalue weighted by Gasteiger charge is 2.24. The molecule has 3 rings (SSSR count). The van der Waals surface area contributed by atoms with E-state index in [2.05, 4.69) is 15.6 Å². The van der Waals surface area contributed by atoms with Gasteiger partial charge in [-0.15, -0.1) is 11.3 Å². The molecule has 8 heteroatoms. The van der Waals surface area contributed by atoms with Crippen LogP contribution in [0.2, 0.25) is 0 Å². The first-order valence-corrected chi connectivity index (χ1v) is 9.58. The minimum atomic E-state index is -0.594. The van der Waals surface area contributed by atoms with Gasteiger partial charge >= 0.3 is 0 Å². The fourth-order valence-corrected chi connectivity index (χ4v) is 3.82. The highest BCUT2D eigenvalue weighted by molar-refractivity contribution is 7.15. The Labute approximate surface area is 162 Å². The van der Waals surface area contributed by atoms with Crippen LogP contribution in [0.5, 0.6) is 11.5 Å². The third kappa shape index (κ3) is 4.57. The summed E-state index contributed by atoms with van der Waals surface area (Å²) in [5.74, 6) is 0.984. The first-order valence-electron chi connectivity index (χ1n) is 8.76. The molecule has 1 aliphatic heterocycles. The molecule has 1 aromatic heterocycles. The lowest BCUT2D eigenvalue weighted by Crippen LogP contribution is -2.46. The van der Waals surface area contributed by atoms with Gasteiger partial charge < -0.3 is 20.1 Å². The summed E-state index contributed by atoms with van der Waals surface area (Å²) < 4.78 is 10.8. The van der Waals surface area contributed by atoms with E-state index in [4.69, 9.17) is 9.47 Å². The summed E-state index contributed by atoms with van der Waals surface area (Å²) in [6, 6.07) is 5.27. The van der Waals surface area contributed by atoms with E-state index >= 15 is 0 Å².